The summed E-state index contributed by atoms with van der Waals surface area (Å²) in [5, 5.41) is 0.553. The molecule has 0 spiro atoms. The number of benzene rings is 1. The van der Waals surface area contributed by atoms with Gasteiger partial charge in [0.25, 0.3) is 0 Å². The molecular formula is C12H14ClNO2. The van der Waals surface area contributed by atoms with Crippen molar-refractivity contribution in [2.45, 2.75) is 25.9 Å². The van der Waals surface area contributed by atoms with Crippen LogP contribution in [0.4, 0.5) is 0 Å². The Morgan fingerprint density at radius 1 is 1.56 bits per heavy atom. The lowest BCUT2D eigenvalue weighted by atomic mass is 9.99. The smallest absolute Gasteiger partial charge is 0.180 e. The van der Waals surface area contributed by atoms with Crippen LogP contribution in [0.3, 0.4) is 0 Å². The Kier molecular flexibility index (Phi) is 2.68. The van der Waals surface area contributed by atoms with Crippen molar-refractivity contribution in [3.63, 3.8) is 0 Å². The summed E-state index contributed by atoms with van der Waals surface area (Å²) in [4.78, 5) is 11.7. The zero-order valence-corrected chi connectivity index (χ0v) is 10.1. The van der Waals surface area contributed by atoms with E-state index >= 15 is 0 Å². The van der Waals surface area contributed by atoms with Crippen molar-refractivity contribution in [2.24, 2.45) is 5.73 Å². The van der Waals surface area contributed by atoms with Crippen LogP contribution < -0.4 is 10.5 Å². The Bertz CT molecular complexity index is 455. The van der Waals surface area contributed by atoms with Crippen molar-refractivity contribution in [3.05, 3.63) is 28.3 Å². The number of halogens is 1. The molecule has 1 aliphatic heterocycles. The lowest BCUT2D eigenvalue weighted by Gasteiger charge is -2.17. The van der Waals surface area contributed by atoms with Crippen LogP contribution in [0.5, 0.6) is 5.75 Å². The normalized spacial score (nSPS) is 16.8. The largest absolute Gasteiger partial charge is 0.486 e. The molecule has 3 nitrogen and oxygen atoms in total. The van der Waals surface area contributed by atoms with Gasteiger partial charge in [-0.1, -0.05) is 11.6 Å². The second kappa shape index (κ2) is 3.75. The number of fused-ring (bicyclic) bond motifs is 1. The highest BCUT2D eigenvalue weighted by molar-refractivity contribution is 6.31. The molecule has 0 saturated heterocycles. The van der Waals surface area contributed by atoms with E-state index in [1.165, 1.54) is 0 Å². The third kappa shape index (κ3) is 1.93. The summed E-state index contributed by atoms with van der Waals surface area (Å²) in [6, 6.07) is 3.47. The monoisotopic (exact) mass is 239 g/mol. The predicted molar refractivity (Wildman–Crippen MR) is 63.2 cm³/mol. The first-order valence-corrected chi connectivity index (χ1v) is 5.55. The number of hydrogen-bond acceptors (Lipinski definition) is 3. The topological polar surface area (TPSA) is 52.3 Å². The Labute approximate surface area is 99.5 Å². The number of Topliss-reactive ketones (excluding diaryl/α,β-unsaturated/α-hetero) is 1. The molecule has 2 rings (SSSR count). The molecule has 0 aliphatic carbocycles. The predicted octanol–water partition coefficient (Wildman–Crippen LogP) is 2.19. The number of hydrogen-bond donors (Lipinski definition) is 1. The van der Waals surface area contributed by atoms with E-state index in [1.54, 1.807) is 6.07 Å². The molecule has 1 aliphatic rings. The van der Waals surface area contributed by atoms with E-state index in [0.717, 1.165) is 12.0 Å². The third-order valence-corrected chi connectivity index (χ3v) is 2.83. The van der Waals surface area contributed by atoms with Gasteiger partial charge in [-0.15, -0.1) is 0 Å². The van der Waals surface area contributed by atoms with Crippen LogP contribution in [-0.4, -0.2) is 17.9 Å². The second-order valence-corrected chi connectivity index (χ2v) is 5.04. The quantitative estimate of drug-likeness (QED) is 0.805. The van der Waals surface area contributed by atoms with E-state index < -0.39 is 0 Å². The molecule has 1 aromatic rings. The first kappa shape index (κ1) is 11.4. The average molecular weight is 240 g/mol. The molecule has 0 saturated carbocycles. The van der Waals surface area contributed by atoms with Gasteiger partial charge in [0.05, 0.1) is 12.1 Å². The summed E-state index contributed by atoms with van der Waals surface area (Å²) < 4.78 is 5.77. The van der Waals surface area contributed by atoms with Crippen LogP contribution in [0.25, 0.3) is 0 Å². The van der Waals surface area contributed by atoms with Crippen molar-refractivity contribution in [3.8, 4) is 5.75 Å². The molecule has 2 N–H and O–H groups in total. The van der Waals surface area contributed by atoms with Gasteiger partial charge >= 0.3 is 0 Å². The highest BCUT2D eigenvalue weighted by Crippen LogP contribution is 2.39. The summed E-state index contributed by atoms with van der Waals surface area (Å²) in [6.45, 7) is 3.94. The van der Waals surface area contributed by atoms with E-state index in [9.17, 15) is 4.79 Å². The number of rotatable bonds is 2. The summed E-state index contributed by atoms with van der Waals surface area (Å²) in [5.74, 6) is 0.501. The van der Waals surface area contributed by atoms with Crippen LogP contribution in [0, 0.1) is 0 Å². The molecule has 0 aromatic heterocycles. The van der Waals surface area contributed by atoms with E-state index in [4.69, 9.17) is 22.1 Å². The second-order valence-electron chi connectivity index (χ2n) is 4.61. The summed E-state index contributed by atoms with van der Waals surface area (Å²) in [5.41, 5.74) is 6.56. The van der Waals surface area contributed by atoms with Crippen molar-refractivity contribution in [1.82, 2.24) is 0 Å². The molecule has 0 fully saturated rings. The molecule has 0 amide bonds. The summed E-state index contributed by atoms with van der Waals surface area (Å²) in [7, 11) is 0. The maximum Gasteiger partial charge on any atom is 0.180 e. The summed E-state index contributed by atoms with van der Waals surface area (Å²) in [6.07, 6.45) is 0.758. The first-order chi connectivity index (χ1) is 7.43. The maximum atomic E-state index is 11.7. The van der Waals surface area contributed by atoms with Crippen LogP contribution in [0.2, 0.25) is 5.02 Å². The number of carbonyl (C=O) groups excluding carboxylic acids is 1. The average Bonchev–Trinajstić information content (AvgIpc) is 2.49. The minimum absolute atomic E-state index is 0.0312. The molecule has 1 aromatic carbocycles. The molecule has 86 valence electrons. The minimum Gasteiger partial charge on any atom is -0.486 e. The fourth-order valence-electron chi connectivity index (χ4n) is 1.99. The Morgan fingerprint density at radius 3 is 2.88 bits per heavy atom. The van der Waals surface area contributed by atoms with Crippen molar-refractivity contribution in [1.29, 1.82) is 0 Å². The van der Waals surface area contributed by atoms with Crippen LogP contribution in [0.1, 0.15) is 29.8 Å². The van der Waals surface area contributed by atoms with Crippen LogP contribution in [0.15, 0.2) is 12.1 Å². The first-order valence-electron chi connectivity index (χ1n) is 5.17. The van der Waals surface area contributed by atoms with E-state index in [0.29, 0.717) is 16.3 Å². The number of ether oxygens (including phenoxy) is 1. The van der Waals surface area contributed by atoms with Crippen molar-refractivity contribution < 1.29 is 9.53 Å². The van der Waals surface area contributed by atoms with Gasteiger partial charge in [-0.3, -0.25) is 4.79 Å². The standard InChI is InChI=1S/C12H14ClNO2/c1-12(2)5-7-3-8(13)4-9(10(15)6-14)11(7)16-12/h3-4H,5-6,14H2,1-2H3. The number of nitrogens with two attached hydrogens (primary N) is 1. The number of ketones is 1. The van der Waals surface area contributed by atoms with Gasteiger partial charge in [-0.25, -0.2) is 0 Å². The molecule has 1 heterocycles. The zero-order chi connectivity index (χ0) is 11.9. The fourth-order valence-corrected chi connectivity index (χ4v) is 2.23. The lowest BCUT2D eigenvalue weighted by molar-refractivity contribution is 0.0986. The van der Waals surface area contributed by atoms with Crippen LogP contribution in [-0.2, 0) is 6.42 Å². The fraction of sp³-hybridized carbons (Fsp3) is 0.417. The third-order valence-electron chi connectivity index (χ3n) is 2.61. The van der Waals surface area contributed by atoms with E-state index in [1.807, 2.05) is 19.9 Å². The van der Waals surface area contributed by atoms with Gasteiger partial charge in [0, 0.05) is 17.0 Å². The van der Waals surface area contributed by atoms with Gasteiger partial charge in [-0.2, -0.15) is 0 Å². The molecule has 0 unspecified atom stereocenters. The molecular weight excluding hydrogens is 226 g/mol. The lowest BCUT2D eigenvalue weighted by Crippen LogP contribution is -2.25. The van der Waals surface area contributed by atoms with Gasteiger partial charge in [-0.05, 0) is 26.0 Å². The van der Waals surface area contributed by atoms with Gasteiger partial charge in [0.15, 0.2) is 5.78 Å². The highest BCUT2D eigenvalue weighted by atomic mass is 35.5. The Balaban J connectivity index is 2.53. The number of carbonyl (C=O) groups is 1. The molecule has 0 bridgehead atoms. The molecule has 0 atom stereocenters. The maximum absolute atomic E-state index is 11.7. The molecule has 4 heteroatoms. The zero-order valence-electron chi connectivity index (χ0n) is 9.34. The molecule has 16 heavy (non-hydrogen) atoms. The van der Waals surface area contributed by atoms with Crippen LogP contribution >= 0.6 is 11.6 Å². The van der Waals surface area contributed by atoms with Gasteiger partial charge in [0.1, 0.15) is 11.4 Å². The Hall–Kier alpha value is -1.06. The summed E-state index contributed by atoms with van der Waals surface area (Å²) >= 11 is 5.97. The van der Waals surface area contributed by atoms with Gasteiger partial charge in [0.2, 0.25) is 0 Å². The minimum atomic E-state index is -0.281. The SMILES string of the molecule is CC1(C)Cc2cc(Cl)cc(C(=O)CN)c2O1. The van der Waals surface area contributed by atoms with E-state index in [-0.39, 0.29) is 17.9 Å². The van der Waals surface area contributed by atoms with Crippen molar-refractivity contribution >= 4 is 17.4 Å². The highest BCUT2D eigenvalue weighted by Gasteiger charge is 2.33. The Morgan fingerprint density at radius 2 is 2.25 bits per heavy atom. The van der Waals surface area contributed by atoms with Gasteiger partial charge < -0.3 is 10.5 Å². The molecule has 0 radical (unpaired) electrons. The van der Waals surface area contributed by atoms with E-state index in [2.05, 4.69) is 0 Å². The van der Waals surface area contributed by atoms with Crippen molar-refractivity contribution in [2.75, 3.05) is 6.54 Å².